The maximum Gasteiger partial charge on any atom is 0.243 e. The first kappa shape index (κ1) is 20.4. The van der Waals surface area contributed by atoms with Gasteiger partial charge < -0.3 is 15.8 Å². The topological polar surface area (TPSA) is 77.2 Å². The Labute approximate surface area is 153 Å². The van der Waals surface area contributed by atoms with E-state index in [-0.39, 0.29) is 24.2 Å². The summed E-state index contributed by atoms with van der Waals surface area (Å²) in [5, 5.41) is 3.41. The largest absolute Gasteiger partial charge is 0.497 e. The third kappa shape index (κ3) is 4.69. The Morgan fingerprint density at radius 1 is 1.38 bits per heavy atom. The molecule has 1 heterocycles. The van der Waals surface area contributed by atoms with Gasteiger partial charge in [-0.1, -0.05) is 20.3 Å². The molecule has 5 nitrogen and oxygen atoms in total. The Balaban J connectivity index is 0.00000288. The van der Waals surface area contributed by atoms with Crippen molar-refractivity contribution in [2.24, 2.45) is 11.7 Å². The average molecular weight is 370 g/mol. The highest BCUT2D eigenvalue weighted by molar-refractivity contribution is 7.16. The molecule has 3 N–H and O–H groups in total. The van der Waals surface area contributed by atoms with Gasteiger partial charge in [0.25, 0.3) is 0 Å². The van der Waals surface area contributed by atoms with Gasteiger partial charge in [0.15, 0.2) is 5.13 Å². The van der Waals surface area contributed by atoms with E-state index in [0.29, 0.717) is 5.13 Å². The molecule has 0 saturated carbocycles. The van der Waals surface area contributed by atoms with Crippen LogP contribution in [-0.4, -0.2) is 24.0 Å². The number of methoxy groups -OCH3 is 1. The molecule has 0 aliphatic rings. The molecule has 2 rings (SSSR count). The number of hydrogen-bond acceptors (Lipinski definition) is 5. The van der Waals surface area contributed by atoms with Crippen molar-refractivity contribution in [3.05, 3.63) is 29.1 Å². The zero-order chi connectivity index (χ0) is 17.0. The minimum absolute atomic E-state index is 0. The molecule has 24 heavy (non-hydrogen) atoms. The Morgan fingerprint density at radius 2 is 2.00 bits per heavy atom. The zero-order valence-corrected chi connectivity index (χ0v) is 16.0. The molecule has 0 bridgehead atoms. The molecule has 0 saturated heterocycles. The van der Waals surface area contributed by atoms with Crippen LogP contribution in [0.2, 0.25) is 0 Å². The Hall–Kier alpha value is -1.63. The number of nitrogens with one attached hydrogen (secondary N) is 1. The lowest BCUT2D eigenvalue weighted by molar-refractivity contribution is -0.118. The highest BCUT2D eigenvalue weighted by atomic mass is 35.5. The van der Waals surface area contributed by atoms with Crippen LogP contribution in [0.4, 0.5) is 5.13 Å². The molecule has 0 aliphatic carbocycles. The van der Waals surface area contributed by atoms with E-state index in [4.69, 9.17) is 10.5 Å². The number of carbonyl (C=O) groups is 1. The molecule has 1 amide bonds. The van der Waals surface area contributed by atoms with Gasteiger partial charge in [-0.05, 0) is 37.1 Å². The van der Waals surface area contributed by atoms with Gasteiger partial charge in [0.2, 0.25) is 5.91 Å². The molecule has 1 aromatic heterocycles. The predicted molar refractivity (Wildman–Crippen MR) is 102 cm³/mol. The van der Waals surface area contributed by atoms with Gasteiger partial charge in [0.05, 0.1) is 18.8 Å². The van der Waals surface area contributed by atoms with Crippen molar-refractivity contribution in [3.8, 4) is 17.0 Å². The summed E-state index contributed by atoms with van der Waals surface area (Å²) < 4.78 is 5.16. The summed E-state index contributed by atoms with van der Waals surface area (Å²) in [4.78, 5) is 17.7. The summed E-state index contributed by atoms with van der Waals surface area (Å²) in [6, 6.07) is 7.18. The number of nitrogens with zero attached hydrogens (tertiary/aromatic N) is 1. The van der Waals surface area contributed by atoms with E-state index in [0.717, 1.165) is 28.3 Å². The number of aromatic nitrogens is 1. The van der Waals surface area contributed by atoms with Crippen LogP contribution in [0.25, 0.3) is 11.3 Å². The van der Waals surface area contributed by atoms with Gasteiger partial charge in [-0.3, -0.25) is 4.79 Å². The smallest absolute Gasteiger partial charge is 0.243 e. The van der Waals surface area contributed by atoms with Crippen molar-refractivity contribution in [1.29, 1.82) is 0 Å². The molecular formula is C17H24ClN3O2S. The van der Waals surface area contributed by atoms with E-state index in [1.165, 1.54) is 11.3 Å². The lowest BCUT2D eigenvalue weighted by Crippen LogP contribution is -2.40. The lowest BCUT2D eigenvalue weighted by atomic mass is 10.00. The summed E-state index contributed by atoms with van der Waals surface area (Å²) in [6.45, 7) is 5.98. The average Bonchev–Trinajstić information content (AvgIpc) is 2.93. The number of amides is 1. The van der Waals surface area contributed by atoms with E-state index in [1.807, 2.05) is 45.0 Å². The SMILES string of the molecule is CCC(C)C(N)C(=O)Nc1nc(-c2ccc(OC)cc2)c(C)s1.Cl. The number of halogens is 1. The first-order chi connectivity index (χ1) is 11.0. The minimum atomic E-state index is -0.520. The number of anilines is 1. The standard InChI is InChI=1S/C17H23N3O2S.ClH/c1-5-10(2)14(18)16(21)20-17-19-15(11(3)23-17)12-6-8-13(22-4)9-7-12;/h6-10,14H,5,18H2,1-4H3,(H,19,20,21);1H. The second kappa shape index (κ2) is 9.01. The number of thiazole rings is 1. The first-order valence-electron chi connectivity index (χ1n) is 7.64. The molecule has 0 fully saturated rings. The Kier molecular flexibility index (Phi) is 7.66. The summed E-state index contributed by atoms with van der Waals surface area (Å²) in [5.41, 5.74) is 7.82. The number of carbonyl (C=O) groups excluding carboxylic acids is 1. The monoisotopic (exact) mass is 369 g/mol. The number of nitrogens with two attached hydrogens (primary N) is 1. The van der Waals surface area contributed by atoms with Gasteiger partial charge >= 0.3 is 0 Å². The molecule has 0 radical (unpaired) electrons. The van der Waals surface area contributed by atoms with Crippen molar-refractivity contribution in [1.82, 2.24) is 4.98 Å². The molecule has 2 unspecified atom stereocenters. The second-order valence-corrected chi connectivity index (χ2v) is 6.76. The number of rotatable bonds is 6. The molecular weight excluding hydrogens is 346 g/mol. The van der Waals surface area contributed by atoms with E-state index >= 15 is 0 Å². The van der Waals surface area contributed by atoms with Gasteiger partial charge in [-0.25, -0.2) is 4.98 Å². The highest BCUT2D eigenvalue weighted by Crippen LogP contribution is 2.31. The van der Waals surface area contributed by atoms with Gasteiger partial charge in [-0.2, -0.15) is 0 Å². The number of aryl methyl sites for hydroxylation is 1. The summed E-state index contributed by atoms with van der Waals surface area (Å²) >= 11 is 1.45. The maximum absolute atomic E-state index is 12.2. The predicted octanol–water partition coefficient (Wildman–Crippen LogP) is 3.86. The third-order valence-electron chi connectivity index (χ3n) is 3.95. The van der Waals surface area contributed by atoms with Crippen LogP contribution in [0.15, 0.2) is 24.3 Å². The van der Waals surface area contributed by atoms with Crippen LogP contribution in [0, 0.1) is 12.8 Å². The van der Waals surface area contributed by atoms with Crippen LogP contribution in [0.5, 0.6) is 5.75 Å². The fourth-order valence-corrected chi connectivity index (χ4v) is 3.01. The number of ether oxygens (including phenoxy) is 1. The quantitative estimate of drug-likeness (QED) is 0.810. The molecule has 132 valence electrons. The lowest BCUT2D eigenvalue weighted by Gasteiger charge is -2.16. The molecule has 0 spiro atoms. The maximum atomic E-state index is 12.2. The van der Waals surface area contributed by atoms with Crippen LogP contribution < -0.4 is 15.8 Å². The second-order valence-electron chi connectivity index (χ2n) is 5.55. The number of benzene rings is 1. The van der Waals surface area contributed by atoms with E-state index in [9.17, 15) is 4.79 Å². The van der Waals surface area contributed by atoms with E-state index < -0.39 is 6.04 Å². The van der Waals surface area contributed by atoms with Gasteiger partial charge in [-0.15, -0.1) is 23.7 Å². The first-order valence-corrected chi connectivity index (χ1v) is 8.46. The van der Waals surface area contributed by atoms with Crippen LogP contribution in [0.3, 0.4) is 0 Å². The summed E-state index contributed by atoms with van der Waals surface area (Å²) in [7, 11) is 1.64. The summed E-state index contributed by atoms with van der Waals surface area (Å²) in [6.07, 6.45) is 0.864. The van der Waals surface area contributed by atoms with Crippen LogP contribution >= 0.6 is 23.7 Å². The van der Waals surface area contributed by atoms with Gasteiger partial charge in [0, 0.05) is 10.4 Å². The third-order valence-corrected chi connectivity index (χ3v) is 4.84. The van der Waals surface area contributed by atoms with Crippen molar-refractivity contribution in [2.75, 3.05) is 12.4 Å². The van der Waals surface area contributed by atoms with Crippen molar-refractivity contribution >= 4 is 34.8 Å². The molecule has 1 aromatic carbocycles. The molecule has 2 atom stereocenters. The van der Waals surface area contributed by atoms with Crippen LogP contribution in [-0.2, 0) is 4.79 Å². The van der Waals surface area contributed by atoms with Crippen LogP contribution in [0.1, 0.15) is 25.1 Å². The van der Waals surface area contributed by atoms with Crippen molar-refractivity contribution in [2.45, 2.75) is 33.2 Å². The Morgan fingerprint density at radius 3 is 2.54 bits per heavy atom. The summed E-state index contributed by atoms with van der Waals surface area (Å²) in [5.74, 6) is 0.751. The van der Waals surface area contributed by atoms with E-state index in [2.05, 4.69) is 10.3 Å². The fraction of sp³-hybridized carbons (Fsp3) is 0.412. The zero-order valence-electron chi connectivity index (χ0n) is 14.3. The highest BCUT2D eigenvalue weighted by Gasteiger charge is 2.21. The van der Waals surface area contributed by atoms with Crippen molar-refractivity contribution in [3.63, 3.8) is 0 Å². The Bertz CT molecular complexity index is 673. The normalized spacial score (nSPS) is 12.9. The molecule has 7 heteroatoms. The fourth-order valence-electron chi connectivity index (χ4n) is 2.17. The van der Waals surface area contributed by atoms with E-state index in [1.54, 1.807) is 7.11 Å². The molecule has 0 aliphatic heterocycles. The van der Waals surface area contributed by atoms with Crippen molar-refractivity contribution < 1.29 is 9.53 Å². The number of hydrogen-bond donors (Lipinski definition) is 2. The molecule has 2 aromatic rings. The minimum Gasteiger partial charge on any atom is -0.497 e. The van der Waals surface area contributed by atoms with Gasteiger partial charge in [0.1, 0.15) is 5.75 Å².